The molecule has 0 amide bonds. The molecule has 288 valence electrons. The number of allylic oxidation sites excluding steroid dienone is 2. The highest BCUT2D eigenvalue weighted by Gasteiger charge is 2.60. The summed E-state index contributed by atoms with van der Waals surface area (Å²) in [5.74, 6) is -2.60. The second-order valence-electron chi connectivity index (χ2n) is 15.6. The first-order valence-corrected chi connectivity index (χ1v) is 19.4. The Morgan fingerprint density at radius 3 is 2.62 bits per heavy atom. The van der Waals surface area contributed by atoms with Gasteiger partial charge in [-0.3, -0.25) is 4.79 Å². The zero-order chi connectivity index (χ0) is 38.1. The number of hydrogen-bond acceptors (Lipinski definition) is 10. The van der Waals surface area contributed by atoms with Gasteiger partial charge in [-0.05, 0) is 79.5 Å². The number of benzene rings is 1. The predicted octanol–water partition coefficient (Wildman–Crippen LogP) is 7.69. The van der Waals surface area contributed by atoms with Crippen LogP contribution in [0.5, 0.6) is 0 Å². The van der Waals surface area contributed by atoms with Gasteiger partial charge < -0.3 is 33.6 Å². The Morgan fingerprint density at radius 1 is 1.15 bits per heavy atom. The van der Waals surface area contributed by atoms with E-state index in [1.54, 1.807) is 36.4 Å². The molecule has 4 heterocycles. The zero-order valence-corrected chi connectivity index (χ0v) is 32.6. The van der Waals surface area contributed by atoms with Crippen molar-refractivity contribution in [2.45, 2.75) is 122 Å². The molecule has 1 aromatic rings. The van der Waals surface area contributed by atoms with Gasteiger partial charge >= 0.3 is 11.9 Å². The van der Waals surface area contributed by atoms with E-state index >= 15 is 0 Å². The van der Waals surface area contributed by atoms with E-state index < -0.39 is 47.6 Å². The van der Waals surface area contributed by atoms with Gasteiger partial charge in [0.05, 0.1) is 24.4 Å². The molecule has 0 radical (unpaired) electrons. The van der Waals surface area contributed by atoms with Crippen LogP contribution in [-0.4, -0.2) is 78.4 Å². The fraction of sp³-hybridized carbons (Fsp3) is 0.595. The molecular weight excluding hydrogens is 698 g/mol. The largest absolute Gasteiger partial charge is 0.462 e. The molecule has 53 heavy (non-hydrogen) atoms. The average molecular weight is 752 g/mol. The van der Waals surface area contributed by atoms with Crippen LogP contribution in [0.15, 0.2) is 76.5 Å². The normalized spacial score (nSPS) is 40.1. The van der Waals surface area contributed by atoms with Crippen LogP contribution in [0.4, 0.5) is 0 Å². The minimum Gasteiger partial charge on any atom is -0.462 e. The van der Waals surface area contributed by atoms with Crippen molar-refractivity contribution in [3.8, 4) is 0 Å². The predicted molar refractivity (Wildman–Crippen MR) is 201 cm³/mol. The number of nitrogens with zero attached hydrogens (tertiary/aromatic N) is 1. The maximum absolute atomic E-state index is 14.4. The Kier molecular flexibility index (Phi) is 12.1. The summed E-state index contributed by atoms with van der Waals surface area (Å²) in [6.07, 6.45) is 10.7. The van der Waals surface area contributed by atoms with Gasteiger partial charge in [0, 0.05) is 30.2 Å². The Labute approximate surface area is 318 Å². The van der Waals surface area contributed by atoms with Crippen LogP contribution < -0.4 is 0 Å². The average Bonchev–Trinajstić information content (AvgIpc) is 3.47. The van der Waals surface area contributed by atoms with Gasteiger partial charge in [-0.1, -0.05) is 81.3 Å². The van der Waals surface area contributed by atoms with Crippen LogP contribution in [0, 0.1) is 23.7 Å². The van der Waals surface area contributed by atoms with Gasteiger partial charge in [-0.25, -0.2) is 4.79 Å². The molecule has 6 rings (SSSR count). The molecule has 1 spiro atoms. The Balaban J connectivity index is 1.41. The number of ether oxygens (including phenoxy) is 5. The van der Waals surface area contributed by atoms with Crippen LogP contribution in [0.3, 0.4) is 0 Å². The number of aliphatic hydroxyl groups is 1. The van der Waals surface area contributed by atoms with E-state index in [-0.39, 0.29) is 24.7 Å². The maximum Gasteiger partial charge on any atom is 0.338 e. The van der Waals surface area contributed by atoms with E-state index in [1.165, 1.54) is 7.11 Å². The summed E-state index contributed by atoms with van der Waals surface area (Å²) in [7, 11) is 1.43. The molecule has 3 saturated heterocycles. The third-order valence-corrected chi connectivity index (χ3v) is 12.0. The lowest BCUT2D eigenvalue weighted by Gasteiger charge is -2.51. The number of rotatable bonds is 5. The van der Waals surface area contributed by atoms with Crippen molar-refractivity contribution in [3.63, 3.8) is 0 Å². The van der Waals surface area contributed by atoms with Gasteiger partial charge in [-0.15, -0.1) is 0 Å². The molecule has 1 N–H and O–H groups in total. The monoisotopic (exact) mass is 751 g/mol. The number of fused-ring (bicyclic) bond motifs is 2. The lowest BCUT2D eigenvalue weighted by atomic mass is 9.71. The van der Waals surface area contributed by atoms with Crippen molar-refractivity contribution in [2.24, 2.45) is 28.8 Å². The molecule has 1 aliphatic carbocycles. The highest BCUT2D eigenvalue weighted by atomic mass is 35.5. The summed E-state index contributed by atoms with van der Waals surface area (Å²) in [4.78, 5) is 32.9. The summed E-state index contributed by atoms with van der Waals surface area (Å²) < 4.78 is 32.6. The minimum absolute atomic E-state index is 0.00416. The first-order valence-electron chi connectivity index (χ1n) is 19.0. The van der Waals surface area contributed by atoms with Gasteiger partial charge in [0.15, 0.2) is 5.79 Å². The van der Waals surface area contributed by atoms with Gasteiger partial charge in [0.1, 0.15) is 42.7 Å². The summed E-state index contributed by atoms with van der Waals surface area (Å²) in [6, 6.07) is 6.62. The summed E-state index contributed by atoms with van der Waals surface area (Å²) in [5.41, 5.74) is 1.04. The van der Waals surface area contributed by atoms with Gasteiger partial charge in [0.2, 0.25) is 0 Å². The van der Waals surface area contributed by atoms with Crippen molar-refractivity contribution < 1.29 is 43.2 Å². The van der Waals surface area contributed by atoms with E-state index in [2.05, 4.69) is 32.0 Å². The van der Waals surface area contributed by atoms with Gasteiger partial charge in [-0.2, -0.15) is 0 Å². The van der Waals surface area contributed by atoms with E-state index in [0.717, 1.165) is 18.4 Å². The SMILES string of the molecule is CCC(C)[C@H]1O[C@]2(CC[C@@H]1C)C[C@@H]1C[C@@H](C/C=C(\C)[C@@H](OC(=O)c3ccc(Cl)cc3)[C@@H](C)/C=C/C=C3\CO[C@@H]4/C(=N/OC)C(C)=C[C@@H](C(=O)O1)[C@]34O)O2. The number of carbonyl (C=O) groups excluding carboxylic acids is 2. The maximum atomic E-state index is 14.4. The highest BCUT2D eigenvalue weighted by Crippen LogP contribution is 2.47. The molecule has 11 heteroatoms. The summed E-state index contributed by atoms with van der Waals surface area (Å²) >= 11 is 6.09. The molecular formula is C42H54ClNO9. The van der Waals surface area contributed by atoms with Crippen LogP contribution in [0.25, 0.3) is 0 Å². The lowest BCUT2D eigenvalue weighted by molar-refractivity contribution is -0.340. The van der Waals surface area contributed by atoms with Crippen molar-refractivity contribution >= 4 is 29.3 Å². The van der Waals surface area contributed by atoms with Crippen molar-refractivity contribution in [1.82, 2.24) is 0 Å². The quantitative estimate of drug-likeness (QED) is 0.183. The van der Waals surface area contributed by atoms with Crippen molar-refractivity contribution in [2.75, 3.05) is 13.7 Å². The molecule has 10 nitrogen and oxygen atoms in total. The van der Waals surface area contributed by atoms with Crippen LogP contribution in [0.1, 0.15) is 90.4 Å². The smallest absolute Gasteiger partial charge is 0.338 e. The van der Waals surface area contributed by atoms with E-state index in [1.807, 2.05) is 32.9 Å². The standard InChI is InChI=1S/C42H54ClNO9/c1-8-24(2)37-27(5)18-19-41(53-37)22-33-21-32(52-41)17-12-26(4)36(51-39(45)29-13-15-31(43)16-14-29)25(3)10-9-11-30-23-49-38-35(44-48-7)28(6)20-34(40(46)50-33)42(30,38)47/h9-16,20,24-25,27,32-34,36-38,47H,8,17-19,21-23H2,1-7H3/b10-9+,26-12+,30-11+,44-35+/t24?,25-,27-,32+,33-,34-,36-,37+,38+,41+,42+/m0/s1. The lowest BCUT2D eigenvalue weighted by Crippen LogP contribution is -2.57. The molecule has 1 aromatic carbocycles. The number of oxime groups is 1. The Bertz CT molecular complexity index is 1680. The van der Waals surface area contributed by atoms with Crippen molar-refractivity contribution in [3.05, 3.63) is 82.0 Å². The van der Waals surface area contributed by atoms with E-state index in [4.69, 9.17) is 40.1 Å². The fourth-order valence-corrected chi connectivity index (χ4v) is 8.72. The number of halogens is 1. The Hall–Kier alpha value is -3.28. The van der Waals surface area contributed by atoms with Crippen molar-refractivity contribution in [1.29, 1.82) is 0 Å². The zero-order valence-electron chi connectivity index (χ0n) is 31.9. The van der Waals surface area contributed by atoms with E-state index in [0.29, 0.717) is 65.0 Å². The third-order valence-electron chi connectivity index (χ3n) is 11.8. The van der Waals surface area contributed by atoms with Crippen LogP contribution >= 0.6 is 11.6 Å². The number of hydrogen-bond donors (Lipinski definition) is 1. The molecule has 3 fully saturated rings. The molecule has 1 unspecified atom stereocenters. The van der Waals surface area contributed by atoms with Crippen LogP contribution in [0.2, 0.25) is 5.02 Å². The first-order chi connectivity index (χ1) is 25.3. The molecule has 0 saturated carbocycles. The third kappa shape index (κ3) is 8.08. The topological polar surface area (TPSA) is 122 Å². The summed E-state index contributed by atoms with van der Waals surface area (Å²) in [5, 5.41) is 17.3. The second-order valence-corrected chi connectivity index (χ2v) is 16.0. The molecule has 2 bridgehead atoms. The number of carbonyl (C=O) groups is 2. The summed E-state index contributed by atoms with van der Waals surface area (Å²) in [6.45, 7) is 12.4. The molecule has 11 atom stereocenters. The highest BCUT2D eigenvalue weighted by molar-refractivity contribution is 6.30. The second kappa shape index (κ2) is 16.2. The van der Waals surface area contributed by atoms with E-state index in [9.17, 15) is 14.7 Å². The molecule has 5 aliphatic rings. The molecule has 4 aliphatic heterocycles. The van der Waals surface area contributed by atoms with Crippen LogP contribution in [-0.2, 0) is 33.3 Å². The van der Waals surface area contributed by atoms with Gasteiger partial charge in [0.25, 0.3) is 0 Å². The number of esters is 2. The fourth-order valence-electron chi connectivity index (χ4n) is 8.59. The minimum atomic E-state index is -1.78. The molecule has 0 aromatic heterocycles. The Morgan fingerprint density at radius 2 is 1.91 bits per heavy atom. The first kappa shape index (κ1) is 39.4.